The van der Waals surface area contributed by atoms with Crippen LogP contribution in [0.15, 0.2) is 0 Å². The zero-order valence-corrected chi connectivity index (χ0v) is 27.7. The Morgan fingerprint density at radius 2 is 1.43 bits per heavy atom. The molecule has 0 rings (SSSR count). The highest BCUT2D eigenvalue weighted by molar-refractivity contribution is 8.77. The molecule has 2 amide bonds. The van der Waals surface area contributed by atoms with Gasteiger partial charge in [-0.15, -0.1) is 0 Å². The maximum Gasteiger partial charge on any atom is 0.407 e. The van der Waals surface area contributed by atoms with Crippen LogP contribution in [-0.4, -0.2) is 95.3 Å². The second-order valence-corrected chi connectivity index (χ2v) is 12.4. The summed E-state index contributed by atoms with van der Waals surface area (Å²) in [6.45, 7) is 19.1. The number of ether oxygens (including phenoxy) is 5. The Morgan fingerprint density at radius 3 is 2.08 bits per heavy atom. The highest BCUT2D eigenvalue weighted by Gasteiger charge is 2.21. The molecular formula is C28H55N3O7S2. The van der Waals surface area contributed by atoms with Crippen molar-refractivity contribution in [2.75, 3.05) is 72.9 Å². The average Bonchev–Trinajstić information content (AvgIpc) is 2.92. The van der Waals surface area contributed by atoms with Crippen LogP contribution in [0.4, 0.5) is 9.59 Å². The molecule has 1 atom stereocenters. The molecule has 0 aromatic heterocycles. The van der Waals surface area contributed by atoms with E-state index in [4.69, 9.17) is 23.7 Å². The first-order valence-electron chi connectivity index (χ1n) is 14.2. The van der Waals surface area contributed by atoms with Crippen LogP contribution >= 0.6 is 21.6 Å². The Bertz CT molecular complexity index is 674. The number of hydrogen-bond acceptors (Lipinski definition) is 10. The Kier molecular flexibility index (Phi) is 29.7. The predicted molar refractivity (Wildman–Crippen MR) is 167 cm³/mol. The van der Waals surface area contributed by atoms with Crippen molar-refractivity contribution in [2.24, 2.45) is 5.92 Å². The first-order chi connectivity index (χ1) is 19.2. The Balaban J connectivity index is 0. The highest BCUT2D eigenvalue weighted by Crippen LogP contribution is 2.40. The van der Waals surface area contributed by atoms with Crippen LogP contribution in [0.25, 0.3) is 0 Å². The molecule has 1 unspecified atom stereocenters. The van der Waals surface area contributed by atoms with Crippen molar-refractivity contribution in [3.05, 3.63) is 0 Å². The standard InChI is InChI=1S/C26H49N3O7S2.C2H6/c1-22(2)10-9-12-28-24(30)35-16-8-7-15-34-23(3)37-38-26(4,5)11-17-36-25(31)29-14-19-33-21-20-32-18-13-27-6;1-2/h22-23,27H,7-8,11-21H2,1-6H3,(H,28,30)(H,29,31);1-2H3. The third-order valence-electron chi connectivity index (χ3n) is 4.57. The number of alkyl carbamates (subject to hydrolysis) is 2. The summed E-state index contributed by atoms with van der Waals surface area (Å²) in [5.41, 5.74) is 0.0148. The quantitative estimate of drug-likeness (QED) is 0.0665. The minimum absolute atomic E-state index is 0.0148. The van der Waals surface area contributed by atoms with E-state index in [9.17, 15) is 9.59 Å². The van der Waals surface area contributed by atoms with Crippen molar-refractivity contribution in [1.29, 1.82) is 0 Å². The molecule has 0 fully saturated rings. The molecule has 0 aliphatic heterocycles. The van der Waals surface area contributed by atoms with Gasteiger partial charge in [-0.25, -0.2) is 9.59 Å². The van der Waals surface area contributed by atoms with Gasteiger partial charge in [0.25, 0.3) is 0 Å². The van der Waals surface area contributed by atoms with Gasteiger partial charge < -0.3 is 39.6 Å². The van der Waals surface area contributed by atoms with Crippen LogP contribution < -0.4 is 16.0 Å². The second kappa shape index (κ2) is 29.1. The van der Waals surface area contributed by atoms with E-state index in [0.29, 0.717) is 65.8 Å². The number of likely N-dealkylation sites (N-methyl/N-ethyl adjacent to an activating group) is 1. The Hall–Kier alpha value is -1.36. The van der Waals surface area contributed by atoms with E-state index in [0.717, 1.165) is 19.4 Å². The molecule has 40 heavy (non-hydrogen) atoms. The molecule has 0 aromatic carbocycles. The normalized spacial score (nSPS) is 11.5. The van der Waals surface area contributed by atoms with Crippen LogP contribution in [0.3, 0.4) is 0 Å². The molecule has 0 saturated carbocycles. The van der Waals surface area contributed by atoms with Crippen molar-refractivity contribution in [1.82, 2.24) is 16.0 Å². The smallest absolute Gasteiger partial charge is 0.407 e. The first-order valence-corrected chi connectivity index (χ1v) is 16.4. The number of hydrogen-bond donors (Lipinski definition) is 3. The SMILES string of the molecule is CC.CNCCOCCOCCNC(=O)OCCC(C)(C)SSC(C)OCCCCOC(=O)NCC#CC(C)C. The van der Waals surface area contributed by atoms with Crippen molar-refractivity contribution in [3.8, 4) is 11.8 Å². The van der Waals surface area contributed by atoms with Crippen molar-refractivity contribution in [2.45, 2.75) is 77.9 Å². The van der Waals surface area contributed by atoms with E-state index in [2.05, 4.69) is 41.6 Å². The molecule has 12 heteroatoms. The van der Waals surface area contributed by atoms with Crippen LogP contribution in [-0.2, 0) is 23.7 Å². The maximum atomic E-state index is 11.8. The highest BCUT2D eigenvalue weighted by atomic mass is 33.1. The fourth-order valence-corrected chi connectivity index (χ4v) is 4.79. The summed E-state index contributed by atoms with van der Waals surface area (Å²) in [7, 11) is 5.24. The van der Waals surface area contributed by atoms with Gasteiger partial charge in [0.1, 0.15) is 5.44 Å². The largest absolute Gasteiger partial charge is 0.450 e. The van der Waals surface area contributed by atoms with E-state index in [1.54, 1.807) is 21.6 Å². The molecule has 10 nitrogen and oxygen atoms in total. The predicted octanol–water partition coefficient (Wildman–Crippen LogP) is 5.07. The number of amides is 2. The third kappa shape index (κ3) is 31.2. The Labute approximate surface area is 251 Å². The van der Waals surface area contributed by atoms with E-state index < -0.39 is 12.2 Å². The van der Waals surface area contributed by atoms with Gasteiger partial charge in [0.05, 0.1) is 46.2 Å². The van der Waals surface area contributed by atoms with Crippen LogP contribution in [0.5, 0.6) is 0 Å². The number of nitrogens with one attached hydrogen (secondary N) is 3. The molecule has 236 valence electrons. The molecule has 0 saturated heterocycles. The summed E-state index contributed by atoms with van der Waals surface area (Å²) in [5.74, 6) is 6.13. The number of carbonyl (C=O) groups excluding carboxylic acids is 2. The molecule has 3 N–H and O–H groups in total. The first kappa shape index (κ1) is 40.8. The molecule has 0 bridgehead atoms. The van der Waals surface area contributed by atoms with Crippen molar-refractivity contribution < 1.29 is 33.3 Å². The molecule has 0 heterocycles. The van der Waals surface area contributed by atoms with Gasteiger partial charge in [-0.05, 0) is 47.1 Å². The monoisotopic (exact) mass is 609 g/mol. The van der Waals surface area contributed by atoms with E-state index in [-0.39, 0.29) is 16.1 Å². The van der Waals surface area contributed by atoms with Gasteiger partial charge in [-0.1, -0.05) is 61.1 Å². The fourth-order valence-electron chi connectivity index (χ4n) is 2.47. The molecule has 0 spiro atoms. The van der Waals surface area contributed by atoms with Crippen LogP contribution in [0.2, 0.25) is 0 Å². The molecule has 0 aliphatic rings. The zero-order chi connectivity index (χ0) is 30.5. The third-order valence-corrected chi connectivity index (χ3v) is 8.18. The summed E-state index contributed by atoms with van der Waals surface area (Å²) >= 11 is 0. The van der Waals surface area contributed by atoms with Gasteiger partial charge in [0.2, 0.25) is 0 Å². The fraction of sp³-hybridized carbons (Fsp3) is 0.857. The topological polar surface area (TPSA) is 116 Å². The average molecular weight is 610 g/mol. The minimum atomic E-state index is -0.445. The van der Waals surface area contributed by atoms with E-state index in [1.165, 1.54) is 0 Å². The Morgan fingerprint density at radius 1 is 0.825 bits per heavy atom. The van der Waals surface area contributed by atoms with E-state index >= 15 is 0 Å². The summed E-state index contributed by atoms with van der Waals surface area (Å²) in [6, 6.07) is 0. The molecular weight excluding hydrogens is 554 g/mol. The van der Waals surface area contributed by atoms with Gasteiger partial charge in [-0.3, -0.25) is 0 Å². The van der Waals surface area contributed by atoms with Gasteiger partial charge in [-0.2, -0.15) is 0 Å². The van der Waals surface area contributed by atoms with Crippen molar-refractivity contribution >= 4 is 33.8 Å². The summed E-state index contributed by atoms with van der Waals surface area (Å²) < 4.78 is 26.9. The maximum absolute atomic E-state index is 11.8. The summed E-state index contributed by atoms with van der Waals surface area (Å²) in [6.07, 6.45) is 1.37. The lowest BCUT2D eigenvalue weighted by molar-refractivity contribution is 0.0497. The summed E-state index contributed by atoms with van der Waals surface area (Å²) in [5, 5.41) is 8.29. The second-order valence-electron chi connectivity index (χ2n) is 9.19. The lowest BCUT2D eigenvalue weighted by Gasteiger charge is -2.24. The van der Waals surface area contributed by atoms with Crippen LogP contribution in [0.1, 0.15) is 67.7 Å². The number of unbranched alkanes of at least 4 members (excludes halogenated alkanes) is 1. The number of carbonyl (C=O) groups is 2. The molecule has 0 aliphatic carbocycles. The lowest BCUT2D eigenvalue weighted by Crippen LogP contribution is -2.29. The molecule has 0 radical (unpaired) electrons. The van der Waals surface area contributed by atoms with Crippen LogP contribution in [0, 0.1) is 17.8 Å². The van der Waals surface area contributed by atoms with Gasteiger partial charge >= 0.3 is 12.2 Å². The lowest BCUT2D eigenvalue weighted by atomic mass is 10.1. The minimum Gasteiger partial charge on any atom is -0.450 e. The summed E-state index contributed by atoms with van der Waals surface area (Å²) in [4.78, 5) is 23.4. The molecule has 0 aromatic rings. The van der Waals surface area contributed by atoms with Gasteiger partial charge in [0, 0.05) is 30.4 Å². The van der Waals surface area contributed by atoms with Gasteiger partial charge in [0.15, 0.2) is 0 Å². The number of rotatable bonds is 22. The zero-order valence-electron chi connectivity index (χ0n) is 26.0. The van der Waals surface area contributed by atoms with E-state index in [1.807, 2.05) is 41.7 Å². The van der Waals surface area contributed by atoms with Crippen molar-refractivity contribution in [3.63, 3.8) is 0 Å².